The van der Waals surface area contributed by atoms with Crippen LogP contribution in [0.25, 0.3) is 10.9 Å². The zero-order chi connectivity index (χ0) is 16.2. The summed E-state index contributed by atoms with van der Waals surface area (Å²) in [5, 5.41) is 4.76. The Labute approximate surface area is 139 Å². The van der Waals surface area contributed by atoms with Gasteiger partial charge in [0.05, 0.1) is 11.3 Å². The Morgan fingerprint density at radius 1 is 1.04 bits per heavy atom. The van der Waals surface area contributed by atoms with Gasteiger partial charge in [0.2, 0.25) is 5.91 Å². The van der Waals surface area contributed by atoms with Crippen molar-refractivity contribution in [2.75, 3.05) is 11.1 Å². The van der Waals surface area contributed by atoms with Gasteiger partial charge >= 0.3 is 0 Å². The predicted molar refractivity (Wildman–Crippen MR) is 94.8 cm³/mol. The smallest absolute Gasteiger partial charge is 0.234 e. The monoisotopic (exact) mass is 323 g/mol. The van der Waals surface area contributed by atoms with Gasteiger partial charge in [-0.1, -0.05) is 48.2 Å². The molecule has 1 heterocycles. The summed E-state index contributed by atoms with van der Waals surface area (Å²) in [4.78, 5) is 21.1. The van der Waals surface area contributed by atoms with Crippen molar-refractivity contribution in [3.63, 3.8) is 0 Å². The molecule has 0 saturated heterocycles. The zero-order valence-corrected chi connectivity index (χ0v) is 13.9. The van der Waals surface area contributed by atoms with Crippen LogP contribution in [0.3, 0.4) is 0 Å². The van der Waals surface area contributed by atoms with E-state index in [9.17, 15) is 4.79 Å². The second kappa shape index (κ2) is 6.79. The lowest BCUT2D eigenvalue weighted by Crippen LogP contribution is -2.15. The van der Waals surface area contributed by atoms with Crippen LogP contribution in [-0.4, -0.2) is 21.6 Å². The van der Waals surface area contributed by atoms with Crippen molar-refractivity contribution in [2.45, 2.75) is 18.9 Å². The molecule has 0 aliphatic heterocycles. The molecule has 0 fully saturated rings. The summed E-state index contributed by atoms with van der Waals surface area (Å²) >= 11 is 1.43. The van der Waals surface area contributed by atoms with Crippen molar-refractivity contribution in [3.05, 3.63) is 59.9 Å². The van der Waals surface area contributed by atoms with Gasteiger partial charge < -0.3 is 5.32 Å². The third kappa shape index (κ3) is 3.68. The minimum atomic E-state index is -0.0374. The number of hydrogen-bond acceptors (Lipinski definition) is 4. The number of para-hydroxylation sites is 2. The number of benzene rings is 2. The fourth-order valence-electron chi connectivity index (χ4n) is 2.30. The van der Waals surface area contributed by atoms with E-state index in [-0.39, 0.29) is 5.91 Å². The Bertz CT molecular complexity index is 864. The van der Waals surface area contributed by atoms with E-state index < -0.39 is 0 Å². The highest BCUT2D eigenvalue weighted by Crippen LogP contribution is 2.25. The minimum Gasteiger partial charge on any atom is -0.325 e. The van der Waals surface area contributed by atoms with Crippen molar-refractivity contribution < 1.29 is 4.79 Å². The number of amides is 1. The Morgan fingerprint density at radius 2 is 1.78 bits per heavy atom. The topological polar surface area (TPSA) is 54.9 Å². The van der Waals surface area contributed by atoms with E-state index in [1.807, 2.05) is 62.4 Å². The Morgan fingerprint density at radius 3 is 2.61 bits per heavy atom. The lowest BCUT2D eigenvalue weighted by molar-refractivity contribution is -0.113. The lowest BCUT2D eigenvalue weighted by atomic mass is 10.2. The number of aromatic nitrogens is 2. The molecule has 1 amide bonds. The first-order chi connectivity index (χ1) is 11.1. The van der Waals surface area contributed by atoms with Crippen LogP contribution in [0.1, 0.15) is 11.4 Å². The van der Waals surface area contributed by atoms with Gasteiger partial charge in [-0.2, -0.15) is 0 Å². The highest BCUT2D eigenvalue weighted by atomic mass is 32.2. The number of thioether (sulfide) groups is 1. The van der Waals surface area contributed by atoms with Gasteiger partial charge in [-0.25, -0.2) is 9.97 Å². The molecule has 3 aromatic rings. The van der Waals surface area contributed by atoms with E-state index in [0.29, 0.717) is 11.6 Å². The van der Waals surface area contributed by atoms with Gasteiger partial charge in [0.25, 0.3) is 0 Å². The Balaban J connectivity index is 1.73. The van der Waals surface area contributed by atoms with Crippen LogP contribution >= 0.6 is 11.8 Å². The van der Waals surface area contributed by atoms with E-state index in [4.69, 9.17) is 0 Å². The maximum Gasteiger partial charge on any atom is 0.234 e. The maximum absolute atomic E-state index is 12.2. The molecule has 0 unspecified atom stereocenters. The summed E-state index contributed by atoms with van der Waals surface area (Å²) in [6, 6.07) is 15.6. The lowest BCUT2D eigenvalue weighted by Gasteiger charge is -2.09. The van der Waals surface area contributed by atoms with Crippen molar-refractivity contribution >= 4 is 34.3 Å². The van der Waals surface area contributed by atoms with E-state index >= 15 is 0 Å². The average molecular weight is 323 g/mol. The largest absolute Gasteiger partial charge is 0.325 e. The molecule has 0 radical (unpaired) electrons. The second-order valence-electron chi connectivity index (χ2n) is 5.24. The van der Waals surface area contributed by atoms with E-state index in [1.54, 1.807) is 0 Å². The molecule has 1 aromatic heterocycles. The number of nitrogens with one attached hydrogen (secondary N) is 1. The Kier molecular flexibility index (Phi) is 4.57. The first-order valence-electron chi connectivity index (χ1n) is 7.35. The number of anilines is 1. The van der Waals surface area contributed by atoms with Gasteiger partial charge in [-0.3, -0.25) is 4.79 Å². The molecule has 3 rings (SSSR count). The highest BCUT2D eigenvalue weighted by molar-refractivity contribution is 8.00. The van der Waals surface area contributed by atoms with E-state index in [1.165, 1.54) is 11.8 Å². The van der Waals surface area contributed by atoms with Crippen LogP contribution in [0.2, 0.25) is 0 Å². The van der Waals surface area contributed by atoms with Crippen molar-refractivity contribution in [3.8, 4) is 0 Å². The fourth-order valence-corrected chi connectivity index (χ4v) is 3.17. The van der Waals surface area contributed by atoms with Crippen molar-refractivity contribution in [2.24, 2.45) is 0 Å². The van der Waals surface area contributed by atoms with Crippen LogP contribution in [-0.2, 0) is 4.79 Å². The van der Waals surface area contributed by atoms with Crippen LogP contribution in [0.5, 0.6) is 0 Å². The highest BCUT2D eigenvalue weighted by Gasteiger charge is 2.10. The molecule has 0 atom stereocenters. The molecular formula is C18H17N3OS. The minimum absolute atomic E-state index is 0.0374. The number of fused-ring (bicyclic) bond motifs is 1. The quantitative estimate of drug-likeness (QED) is 0.583. The fraction of sp³-hybridized carbons (Fsp3) is 0.167. The van der Waals surface area contributed by atoms with Crippen molar-refractivity contribution in [1.29, 1.82) is 0 Å². The number of rotatable bonds is 4. The molecule has 2 aromatic carbocycles. The summed E-state index contributed by atoms with van der Waals surface area (Å²) in [5.41, 5.74) is 2.80. The first-order valence-corrected chi connectivity index (χ1v) is 8.34. The van der Waals surface area contributed by atoms with Crippen LogP contribution in [0.4, 0.5) is 5.69 Å². The van der Waals surface area contributed by atoms with Crippen LogP contribution < -0.4 is 5.32 Å². The van der Waals surface area contributed by atoms with Gasteiger partial charge in [0.15, 0.2) is 0 Å². The summed E-state index contributed by atoms with van der Waals surface area (Å²) in [5.74, 6) is 0.990. The number of carbonyl (C=O) groups excluding carboxylic acids is 1. The molecular weight excluding hydrogens is 306 g/mol. The zero-order valence-electron chi connectivity index (χ0n) is 13.0. The molecule has 0 spiro atoms. The number of aryl methyl sites for hydroxylation is 2. The van der Waals surface area contributed by atoms with Crippen LogP contribution in [0.15, 0.2) is 53.6 Å². The van der Waals surface area contributed by atoms with Crippen LogP contribution in [0, 0.1) is 13.8 Å². The number of carbonyl (C=O) groups is 1. The summed E-state index contributed by atoms with van der Waals surface area (Å²) in [6.45, 7) is 3.84. The Hall–Kier alpha value is -2.40. The maximum atomic E-state index is 12.2. The van der Waals surface area contributed by atoms with E-state index in [2.05, 4.69) is 15.3 Å². The molecule has 0 saturated carbocycles. The van der Waals surface area contributed by atoms with Gasteiger partial charge in [0.1, 0.15) is 10.9 Å². The van der Waals surface area contributed by atoms with Gasteiger partial charge in [-0.15, -0.1) is 0 Å². The van der Waals surface area contributed by atoms with E-state index in [0.717, 1.165) is 27.2 Å². The standard InChI is InChI=1S/C18H17N3OS/c1-12-7-3-5-9-15(12)21-17(22)11-23-18-14-8-4-6-10-16(14)19-13(2)20-18/h3-10H,11H2,1-2H3,(H,21,22). The summed E-state index contributed by atoms with van der Waals surface area (Å²) in [6.07, 6.45) is 0. The predicted octanol–water partition coefficient (Wildman–Crippen LogP) is 3.98. The molecule has 23 heavy (non-hydrogen) atoms. The second-order valence-corrected chi connectivity index (χ2v) is 6.21. The molecule has 4 nitrogen and oxygen atoms in total. The molecule has 116 valence electrons. The third-order valence-electron chi connectivity index (χ3n) is 3.44. The molecule has 0 aliphatic carbocycles. The SMILES string of the molecule is Cc1nc(SCC(=O)Nc2ccccc2C)c2ccccc2n1. The molecule has 0 aliphatic rings. The van der Waals surface area contributed by atoms with Gasteiger partial charge in [0, 0.05) is 11.1 Å². The molecule has 1 N–H and O–H groups in total. The molecule has 0 bridgehead atoms. The number of hydrogen-bond donors (Lipinski definition) is 1. The third-order valence-corrected chi connectivity index (χ3v) is 4.43. The summed E-state index contributed by atoms with van der Waals surface area (Å²) in [7, 11) is 0. The van der Waals surface area contributed by atoms with Gasteiger partial charge in [-0.05, 0) is 31.5 Å². The number of nitrogens with zero attached hydrogens (tertiary/aromatic N) is 2. The summed E-state index contributed by atoms with van der Waals surface area (Å²) < 4.78 is 0. The van der Waals surface area contributed by atoms with Crippen molar-refractivity contribution in [1.82, 2.24) is 9.97 Å². The molecule has 5 heteroatoms. The normalized spacial score (nSPS) is 10.7. The first kappa shape index (κ1) is 15.5. The average Bonchev–Trinajstić information content (AvgIpc) is 2.54.